The average Bonchev–Trinajstić information content (AvgIpc) is 2.06. The minimum absolute atomic E-state index is 0.0400. The van der Waals surface area contributed by atoms with Gasteiger partial charge in [-0.05, 0) is 13.3 Å². The van der Waals surface area contributed by atoms with Crippen LogP contribution in [0.25, 0.3) is 0 Å². The maximum absolute atomic E-state index is 11.8. The van der Waals surface area contributed by atoms with Crippen LogP contribution in [0.2, 0.25) is 0 Å². The fraction of sp³-hybridized carbons (Fsp3) is 0.889. The number of nitrogens with zero attached hydrogens (tertiary/aromatic N) is 2. The Bertz CT molecular complexity index is 226. The Kier molecular flexibility index (Phi) is 1.95. The lowest BCUT2D eigenvalue weighted by Gasteiger charge is -2.53. The van der Waals surface area contributed by atoms with Crippen molar-refractivity contribution in [3.8, 4) is 0 Å². The Morgan fingerprint density at radius 1 is 1.54 bits per heavy atom. The molecule has 2 amide bonds. The molecule has 4 nitrogen and oxygen atoms in total. The summed E-state index contributed by atoms with van der Waals surface area (Å²) >= 11 is 0. The molecule has 2 heterocycles. The number of carbonyl (C=O) groups excluding carboxylic acids is 1. The fourth-order valence-corrected chi connectivity index (χ4v) is 2.12. The van der Waals surface area contributed by atoms with Crippen molar-refractivity contribution in [2.75, 3.05) is 33.4 Å². The monoisotopic (exact) mass is 184 g/mol. The van der Waals surface area contributed by atoms with E-state index in [1.165, 1.54) is 0 Å². The third kappa shape index (κ3) is 1.12. The van der Waals surface area contributed by atoms with Crippen molar-refractivity contribution in [1.29, 1.82) is 0 Å². The molecule has 0 saturated carbocycles. The van der Waals surface area contributed by atoms with Crippen LogP contribution in [0.4, 0.5) is 4.79 Å². The van der Waals surface area contributed by atoms with Crippen LogP contribution in [0.1, 0.15) is 13.3 Å². The van der Waals surface area contributed by atoms with Crippen molar-refractivity contribution in [3.05, 3.63) is 0 Å². The minimum atomic E-state index is 0.0400. The van der Waals surface area contributed by atoms with Gasteiger partial charge >= 0.3 is 6.03 Å². The van der Waals surface area contributed by atoms with E-state index in [-0.39, 0.29) is 11.6 Å². The molecule has 0 bridgehead atoms. The molecule has 0 aliphatic carbocycles. The minimum Gasteiger partial charge on any atom is -0.376 e. The molecule has 4 heteroatoms. The van der Waals surface area contributed by atoms with E-state index >= 15 is 0 Å². The van der Waals surface area contributed by atoms with Gasteiger partial charge < -0.3 is 14.5 Å². The molecule has 74 valence electrons. The van der Waals surface area contributed by atoms with E-state index < -0.39 is 0 Å². The van der Waals surface area contributed by atoms with Gasteiger partial charge in [-0.2, -0.15) is 0 Å². The van der Waals surface area contributed by atoms with Crippen LogP contribution in [0.3, 0.4) is 0 Å². The lowest BCUT2D eigenvalue weighted by molar-refractivity contribution is -0.140. The highest BCUT2D eigenvalue weighted by molar-refractivity contribution is 5.76. The summed E-state index contributed by atoms with van der Waals surface area (Å²) in [5.41, 5.74) is 0.0400. The molecule has 2 rings (SSSR count). The number of ether oxygens (including phenoxy) is 1. The van der Waals surface area contributed by atoms with Gasteiger partial charge in [0.05, 0.1) is 18.8 Å². The van der Waals surface area contributed by atoms with E-state index in [2.05, 4.69) is 0 Å². The van der Waals surface area contributed by atoms with Crippen LogP contribution in [0.5, 0.6) is 0 Å². The SMILES string of the molecule is CCN1C(=O)N(C)CCC12COC2. The number of urea groups is 1. The second kappa shape index (κ2) is 2.87. The van der Waals surface area contributed by atoms with Crippen LogP contribution in [0.15, 0.2) is 0 Å². The quantitative estimate of drug-likeness (QED) is 0.595. The zero-order valence-corrected chi connectivity index (χ0v) is 8.25. The van der Waals surface area contributed by atoms with Crippen molar-refractivity contribution in [1.82, 2.24) is 9.80 Å². The number of likely N-dealkylation sites (N-methyl/N-ethyl adjacent to an activating group) is 1. The molecular weight excluding hydrogens is 168 g/mol. The Morgan fingerprint density at radius 2 is 2.23 bits per heavy atom. The Balaban J connectivity index is 2.17. The molecular formula is C9H16N2O2. The summed E-state index contributed by atoms with van der Waals surface area (Å²) < 4.78 is 5.22. The van der Waals surface area contributed by atoms with Gasteiger partial charge in [-0.3, -0.25) is 0 Å². The maximum Gasteiger partial charge on any atom is 0.320 e. The van der Waals surface area contributed by atoms with E-state index in [4.69, 9.17) is 4.74 Å². The van der Waals surface area contributed by atoms with E-state index in [0.717, 1.165) is 32.7 Å². The summed E-state index contributed by atoms with van der Waals surface area (Å²) in [6.45, 7) is 5.11. The average molecular weight is 184 g/mol. The van der Waals surface area contributed by atoms with Crippen molar-refractivity contribution in [3.63, 3.8) is 0 Å². The first-order valence-corrected chi connectivity index (χ1v) is 4.80. The van der Waals surface area contributed by atoms with Crippen LogP contribution in [-0.2, 0) is 4.74 Å². The smallest absolute Gasteiger partial charge is 0.320 e. The molecule has 0 aromatic rings. The lowest BCUT2D eigenvalue weighted by atomic mass is 9.89. The first kappa shape index (κ1) is 8.81. The zero-order chi connectivity index (χ0) is 9.47. The molecule has 1 spiro atoms. The zero-order valence-electron chi connectivity index (χ0n) is 8.25. The largest absolute Gasteiger partial charge is 0.376 e. The van der Waals surface area contributed by atoms with Gasteiger partial charge in [0.2, 0.25) is 0 Å². The molecule has 0 N–H and O–H groups in total. The van der Waals surface area contributed by atoms with Gasteiger partial charge in [0.1, 0.15) is 0 Å². The first-order chi connectivity index (χ1) is 6.19. The van der Waals surface area contributed by atoms with E-state index in [0.29, 0.717) is 0 Å². The summed E-state index contributed by atoms with van der Waals surface area (Å²) in [4.78, 5) is 15.5. The number of rotatable bonds is 1. The van der Waals surface area contributed by atoms with E-state index in [1.807, 2.05) is 18.9 Å². The highest BCUT2D eigenvalue weighted by Gasteiger charge is 2.49. The number of amides is 2. The molecule has 13 heavy (non-hydrogen) atoms. The number of hydrogen-bond donors (Lipinski definition) is 0. The predicted octanol–water partition coefficient (Wildman–Crippen LogP) is 0.533. The molecule has 2 saturated heterocycles. The van der Waals surface area contributed by atoms with Gasteiger partial charge in [0.15, 0.2) is 0 Å². The summed E-state index contributed by atoms with van der Waals surface area (Å²) in [6.07, 6.45) is 1.04. The third-order valence-corrected chi connectivity index (χ3v) is 3.10. The summed E-state index contributed by atoms with van der Waals surface area (Å²) in [5.74, 6) is 0. The highest BCUT2D eigenvalue weighted by atomic mass is 16.5. The van der Waals surface area contributed by atoms with Gasteiger partial charge in [0, 0.05) is 20.1 Å². The molecule has 2 aliphatic rings. The highest BCUT2D eigenvalue weighted by Crippen LogP contribution is 2.32. The number of hydrogen-bond acceptors (Lipinski definition) is 2. The summed E-state index contributed by atoms with van der Waals surface area (Å²) in [6, 6.07) is 0.150. The van der Waals surface area contributed by atoms with Crippen molar-refractivity contribution >= 4 is 6.03 Å². The molecule has 0 radical (unpaired) electrons. The standard InChI is InChI=1S/C9H16N2O2/c1-3-11-8(12)10(2)5-4-9(11)6-13-7-9/h3-7H2,1-2H3. The predicted molar refractivity (Wildman–Crippen MR) is 48.6 cm³/mol. The van der Waals surface area contributed by atoms with Crippen LogP contribution in [0, 0.1) is 0 Å². The second-order valence-corrected chi connectivity index (χ2v) is 3.92. The molecule has 0 aromatic carbocycles. The van der Waals surface area contributed by atoms with Crippen molar-refractivity contribution in [2.45, 2.75) is 18.9 Å². The van der Waals surface area contributed by atoms with Crippen LogP contribution < -0.4 is 0 Å². The molecule has 2 aliphatic heterocycles. The Hall–Kier alpha value is -0.770. The summed E-state index contributed by atoms with van der Waals surface area (Å²) in [7, 11) is 1.86. The summed E-state index contributed by atoms with van der Waals surface area (Å²) in [5, 5.41) is 0. The first-order valence-electron chi connectivity index (χ1n) is 4.80. The van der Waals surface area contributed by atoms with Crippen molar-refractivity contribution < 1.29 is 9.53 Å². The Morgan fingerprint density at radius 3 is 2.69 bits per heavy atom. The second-order valence-electron chi connectivity index (χ2n) is 3.92. The van der Waals surface area contributed by atoms with Crippen molar-refractivity contribution in [2.24, 2.45) is 0 Å². The van der Waals surface area contributed by atoms with Gasteiger partial charge in [-0.25, -0.2) is 4.79 Å². The molecule has 2 fully saturated rings. The van der Waals surface area contributed by atoms with Gasteiger partial charge in [-0.1, -0.05) is 0 Å². The Labute approximate surface area is 78.4 Å². The maximum atomic E-state index is 11.8. The fourth-order valence-electron chi connectivity index (χ4n) is 2.12. The normalized spacial score (nSPS) is 26.5. The molecule has 0 atom stereocenters. The number of carbonyl (C=O) groups is 1. The third-order valence-electron chi connectivity index (χ3n) is 3.10. The van der Waals surface area contributed by atoms with E-state index in [1.54, 1.807) is 4.90 Å². The molecule has 0 aromatic heterocycles. The van der Waals surface area contributed by atoms with Crippen LogP contribution >= 0.6 is 0 Å². The topological polar surface area (TPSA) is 32.8 Å². The van der Waals surface area contributed by atoms with E-state index in [9.17, 15) is 4.79 Å². The van der Waals surface area contributed by atoms with Gasteiger partial charge in [0.25, 0.3) is 0 Å². The van der Waals surface area contributed by atoms with Gasteiger partial charge in [-0.15, -0.1) is 0 Å². The molecule has 0 unspecified atom stereocenters. The lowest BCUT2D eigenvalue weighted by Crippen LogP contribution is -2.69. The van der Waals surface area contributed by atoms with Crippen LogP contribution in [-0.4, -0.2) is 54.7 Å².